The summed E-state index contributed by atoms with van der Waals surface area (Å²) in [5.41, 5.74) is 2.62. The topological polar surface area (TPSA) is 89.3 Å². The number of rotatable bonds is 5. The van der Waals surface area contributed by atoms with Gasteiger partial charge in [0, 0.05) is 41.3 Å². The lowest BCUT2D eigenvalue weighted by molar-refractivity contribution is -0.141. The van der Waals surface area contributed by atoms with E-state index in [9.17, 15) is 14.4 Å². The Morgan fingerprint density at radius 3 is 1.95 bits per heavy atom. The van der Waals surface area contributed by atoms with Crippen LogP contribution < -0.4 is 0 Å². The molecule has 2 bridgehead atoms. The molecule has 0 unspecified atom stereocenters. The van der Waals surface area contributed by atoms with Crippen LogP contribution in [0.5, 0.6) is 0 Å². The molecule has 0 spiro atoms. The molecule has 37 heavy (non-hydrogen) atoms. The molecule has 4 aromatic rings. The molecule has 2 saturated heterocycles. The zero-order chi connectivity index (χ0) is 25.9. The van der Waals surface area contributed by atoms with Gasteiger partial charge in [0.25, 0.3) is 5.91 Å². The minimum Gasteiger partial charge on any atom is -0.352 e. The van der Waals surface area contributed by atoms with E-state index < -0.39 is 5.92 Å². The maximum Gasteiger partial charge on any atom is 0.270 e. The van der Waals surface area contributed by atoms with Crippen LogP contribution in [0.25, 0.3) is 21.8 Å². The largest absolute Gasteiger partial charge is 0.352 e. The Labute approximate surface area is 215 Å². The number of para-hydroxylation sites is 2. The monoisotopic (exact) mass is 496 g/mol. The highest BCUT2D eigenvalue weighted by Crippen LogP contribution is 2.38. The smallest absolute Gasteiger partial charge is 0.270 e. The number of carbonyl (C=O) groups excluding carboxylic acids is 3. The molecule has 2 amide bonds. The Hall–Kier alpha value is -3.87. The summed E-state index contributed by atoms with van der Waals surface area (Å²) in [6.07, 6.45) is 0.936. The fourth-order valence-electron chi connectivity index (χ4n) is 6.01. The molecule has 4 heterocycles. The number of piperazine rings is 1. The number of amides is 2. The second-order valence-corrected chi connectivity index (χ2v) is 11.6. The molecule has 2 aromatic carbocycles. The average Bonchev–Trinajstić information content (AvgIpc) is 3.66. The number of fused-ring (bicyclic) bond motifs is 4. The molecule has 6 rings (SSSR count). The van der Waals surface area contributed by atoms with Gasteiger partial charge < -0.3 is 19.8 Å². The highest BCUT2D eigenvalue weighted by Gasteiger charge is 2.50. The number of benzene rings is 2. The van der Waals surface area contributed by atoms with Crippen molar-refractivity contribution in [1.82, 2.24) is 19.8 Å². The number of nitrogens with one attached hydrogen (secondary N) is 2. The molecule has 2 N–H and O–H groups in total. The lowest BCUT2D eigenvalue weighted by Gasteiger charge is -2.39. The van der Waals surface area contributed by atoms with Crippen molar-refractivity contribution in [2.24, 2.45) is 11.3 Å². The number of hydrogen-bond acceptors (Lipinski definition) is 3. The Morgan fingerprint density at radius 2 is 1.38 bits per heavy atom. The molecular weight excluding hydrogens is 464 g/mol. The molecular formula is C30H32N4O3. The minimum absolute atomic E-state index is 0.00196. The fourth-order valence-corrected chi connectivity index (χ4v) is 6.01. The van der Waals surface area contributed by atoms with Gasteiger partial charge in [0.15, 0.2) is 5.78 Å². The lowest BCUT2D eigenvalue weighted by Crippen LogP contribution is -2.53. The van der Waals surface area contributed by atoms with Crippen molar-refractivity contribution in [2.45, 2.75) is 45.7 Å². The summed E-state index contributed by atoms with van der Waals surface area (Å²) in [7, 11) is 0. The third kappa shape index (κ3) is 4.12. The molecule has 0 saturated carbocycles. The average molecular weight is 497 g/mol. The molecule has 7 heteroatoms. The Bertz CT molecular complexity index is 1460. The van der Waals surface area contributed by atoms with E-state index in [0.717, 1.165) is 28.2 Å². The third-order valence-electron chi connectivity index (χ3n) is 8.11. The Kier molecular flexibility index (Phi) is 5.48. The first-order chi connectivity index (χ1) is 17.7. The van der Waals surface area contributed by atoms with Gasteiger partial charge >= 0.3 is 0 Å². The standard InChI is InChI=1S/C30H32N4O3/c1-30(2,3)22(15-27(35)25-12-18-8-4-6-10-23(18)31-25)28(36)33-16-21-14-20(33)17-34(21)29(37)26-13-19-9-5-7-11-24(19)32-26/h4-13,20-22,31-32H,14-17H2,1-3H3/t20-,21-,22+/m0/s1. The van der Waals surface area contributed by atoms with Crippen molar-refractivity contribution in [1.29, 1.82) is 0 Å². The molecule has 2 aromatic heterocycles. The van der Waals surface area contributed by atoms with Crippen LogP contribution in [0.4, 0.5) is 0 Å². The van der Waals surface area contributed by atoms with E-state index in [-0.39, 0.29) is 41.5 Å². The summed E-state index contributed by atoms with van der Waals surface area (Å²) in [5.74, 6) is -0.493. The van der Waals surface area contributed by atoms with Crippen LogP contribution in [0.15, 0.2) is 60.7 Å². The van der Waals surface area contributed by atoms with Gasteiger partial charge in [-0.2, -0.15) is 0 Å². The number of aromatic nitrogens is 2. The molecule has 3 atom stereocenters. The summed E-state index contributed by atoms with van der Waals surface area (Å²) in [5, 5.41) is 2.00. The van der Waals surface area contributed by atoms with Crippen molar-refractivity contribution in [3.63, 3.8) is 0 Å². The first-order valence-corrected chi connectivity index (χ1v) is 13.0. The zero-order valence-electron chi connectivity index (χ0n) is 21.5. The predicted octanol–water partition coefficient (Wildman–Crippen LogP) is 5.01. The second kappa shape index (κ2) is 8.61. The van der Waals surface area contributed by atoms with Crippen LogP contribution in [0.3, 0.4) is 0 Å². The zero-order valence-corrected chi connectivity index (χ0v) is 21.5. The van der Waals surface area contributed by atoms with Gasteiger partial charge in [-0.05, 0) is 36.1 Å². The van der Waals surface area contributed by atoms with Crippen LogP contribution in [0.1, 0.15) is 54.6 Å². The van der Waals surface area contributed by atoms with E-state index in [4.69, 9.17) is 0 Å². The van der Waals surface area contributed by atoms with Crippen LogP contribution in [0.2, 0.25) is 0 Å². The second-order valence-electron chi connectivity index (χ2n) is 11.6. The van der Waals surface area contributed by atoms with E-state index in [1.54, 1.807) is 0 Å². The van der Waals surface area contributed by atoms with Gasteiger partial charge in [-0.25, -0.2) is 0 Å². The predicted molar refractivity (Wildman–Crippen MR) is 143 cm³/mol. The fraction of sp³-hybridized carbons (Fsp3) is 0.367. The normalized spacial score (nSPS) is 20.2. The van der Waals surface area contributed by atoms with Crippen molar-refractivity contribution < 1.29 is 14.4 Å². The summed E-state index contributed by atoms with van der Waals surface area (Å²) < 4.78 is 0. The van der Waals surface area contributed by atoms with E-state index >= 15 is 0 Å². The van der Waals surface area contributed by atoms with Gasteiger partial charge in [0.05, 0.1) is 23.7 Å². The van der Waals surface area contributed by atoms with Crippen molar-refractivity contribution in [3.05, 3.63) is 72.1 Å². The number of carbonyl (C=O) groups is 3. The minimum atomic E-state index is -0.441. The molecule has 2 fully saturated rings. The highest BCUT2D eigenvalue weighted by atomic mass is 16.2. The molecule has 7 nitrogen and oxygen atoms in total. The number of nitrogens with zero attached hydrogens (tertiary/aromatic N) is 2. The number of Topliss-reactive ketones (excluding diaryl/α,β-unsaturated/α-hetero) is 1. The van der Waals surface area contributed by atoms with Gasteiger partial charge in [0.1, 0.15) is 5.69 Å². The summed E-state index contributed by atoms with van der Waals surface area (Å²) in [4.78, 5) is 50.7. The van der Waals surface area contributed by atoms with Crippen LogP contribution in [-0.2, 0) is 4.79 Å². The molecule has 0 radical (unpaired) electrons. The third-order valence-corrected chi connectivity index (χ3v) is 8.11. The Balaban J connectivity index is 1.17. The molecule has 0 aliphatic carbocycles. The van der Waals surface area contributed by atoms with E-state index in [2.05, 4.69) is 9.97 Å². The molecule has 2 aliphatic rings. The Morgan fingerprint density at radius 1 is 0.838 bits per heavy atom. The number of hydrogen-bond donors (Lipinski definition) is 2. The van der Waals surface area contributed by atoms with Crippen molar-refractivity contribution in [2.75, 3.05) is 13.1 Å². The van der Waals surface area contributed by atoms with Gasteiger partial charge in [-0.3, -0.25) is 14.4 Å². The maximum atomic E-state index is 13.8. The quantitative estimate of drug-likeness (QED) is 0.381. The van der Waals surface area contributed by atoms with Crippen LogP contribution >= 0.6 is 0 Å². The summed E-state index contributed by atoms with van der Waals surface area (Å²) >= 11 is 0. The van der Waals surface area contributed by atoms with E-state index in [1.807, 2.05) is 91.2 Å². The van der Waals surface area contributed by atoms with E-state index in [1.165, 1.54) is 0 Å². The maximum absolute atomic E-state index is 13.8. The van der Waals surface area contributed by atoms with Crippen molar-refractivity contribution >= 4 is 39.4 Å². The highest BCUT2D eigenvalue weighted by molar-refractivity contribution is 6.01. The summed E-state index contributed by atoms with van der Waals surface area (Å²) in [6, 6.07) is 19.4. The molecule has 2 aliphatic heterocycles. The van der Waals surface area contributed by atoms with E-state index in [0.29, 0.717) is 24.5 Å². The first kappa shape index (κ1) is 23.5. The number of likely N-dealkylation sites (tertiary alicyclic amines) is 2. The van der Waals surface area contributed by atoms with Gasteiger partial charge in [0.2, 0.25) is 5.91 Å². The first-order valence-electron chi connectivity index (χ1n) is 13.0. The van der Waals surface area contributed by atoms with Gasteiger partial charge in [-0.1, -0.05) is 57.2 Å². The van der Waals surface area contributed by atoms with Gasteiger partial charge in [-0.15, -0.1) is 0 Å². The molecule has 190 valence electrons. The van der Waals surface area contributed by atoms with Crippen LogP contribution in [-0.4, -0.2) is 62.5 Å². The number of ketones is 1. The number of aromatic amines is 2. The number of H-pyrrole nitrogens is 2. The summed E-state index contributed by atoms with van der Waals surface area (Å²) in [6.45, 7) is 7.11. The lowest BCUT2D eigenvalue weighted by atomic mass is 9.76. The van der Waals surface area contributed by atoms with Crippen LogP contribution in [0, 0.1) is 11.3 Å². The van der Waals surface area contributed by atoms with Crippen molar-refractivity contribution in [3.8, 4) is 0 Å². The SMILES string of the molecule is CC(C)(C)[C@H](CC(=O)c1cc2ccccc2[nH]1)C(=O)N1C[C@@H]2C[C@H]1CN2C(=O)c1cc2ccccc2[nH]1.